The van der Waals surface area contributed by atoms with Gasteiger partial charge < -0.3 is 19.6 Å². The molecule has 164 valence electrons. The van der Waals surface area contributed by atoms with Gasteiger partial charge in [-0.05, 0) is 70.6 Å². The minimum Gasteiger partial charge on any atom is -0.360 e. The number of nitrogens with one attached hydrogen (secondary N) is 1. The first kappa shape index (κ1) is 23.9. The van der Waals surface area contributed by atoms with Crippen LogP contribution >= 0.6 is 11.6 Å². The lowest BCUT2D eigenvalue weighted by Gasteiger charge is -2.29. The van der Waals surface area contributed by atoms with E-state index in [1.165, 1.54) is 0 Å². The minimum atomic E-state index is -0.318. The predicted molar refractivity (Wildman–Crippen MR) is 119 cm³/mol. The maximum absolute atomic E-state index is 13.2. The van der Waals surface area contributed by atoms with Crippen LogP contribution in [0.1, 0.15) is 49.7 Å². The van der Waals surface area contributed by atoms with Gasteiger partial charge in [-0.25, -0.2) is 0 Å². The number of anilines is 1. The molecule has 8 heteroatoms. The van der Waals surface area contributed by atoms with E-state index in [9.17, 15) is 9.59 Å². The molecule has 0 saturated heterocycles. The molecule has 1 unspecified atom stereocenters. The van der Waals surface area contributed by atoms with Crippen LogP contribution in [0, 0.1) is 6.92 Å². The number of rotatable bonds is 11. The molecule has 1 aromatic carbocycles. The molecule has 0 spiro atoms. The Morgan fingerprint density at radius 1 is 1.20 bits per heavy atom. The van der Waals surface area contributed by atoms with Gasteiger partial charge in [0.2, 0.25) is 5.91 Å². The zero-order valence-electron chi connectivity index (χ0n) is 18.2. The zero-order chi connectivity index (χ0) is 22.1. The quantitative estimate of drug-likeness (QED) is 0.572. The zero-order valence-corrected chi connectivity index (χ0v) is 18.9. The molecule has 1 atom stereocenters. The Bertz CT molecular complexity index is 818. The molecule has 1 heterocycles. The number of aryl methyl sites for hydroxylation is 1. The summed E-state index contributed by atoms with van der Waals surface area (Å²) in [6.07, 6.45) is 1.74. The smallest absolute Gasteiger partial charge is 0.254 e. The van der Waals surface area contributed by atoms with Gasteiger partial charge in [0, 0.05) is 22.7 Å². The molecule has 0 fully saturated rings. The fourth-order valence-corrected chi connectivity index (χ4v) is 3.38. The Morgan fingerprint density at radius 2 is 1.87 bits per heavy atom. The van der Waals surface area contributed by atoms with Crippen LogP contribution in [0.25, 0.3) is 0 Å². The summed E-state index contributed by atoms with van der Waals surface area (Å²) < 4.78 is 4.98. The summed E-state index contributed by atoms with van der Waals surface area (Å²) in [7, 11) is 0. The fraction of sp³-hybridized carbons (Fsp3) is 0.500. The SMILES string of the molecule is CCN(CC)CCCC(C)N(CC(=O)Nc1cc(C)on1)C(=O)c1ccc(Cl)cc1. The minimum absolute atomic E-state index is 0.0696. The molecule has 2 rings (SSSR count). The van der Waals surface area contributed by atoms with Gasteiger partial charge in [0.1, 0.15) is 12.3 Å². The van der Waals surface area contributed by atoms with E-state index in [0.29, 0.717) is 22.2 Å². The Kier molecular flexibility index (Phi) is 9.33. The van der Waals surface area contributed by atoms with Crippen molar-refractivity contribution >= 4 is 29.2 Å². The molecule has 1 N–H and O–H groups in total. The topological polar surface area (TPSA) is 78.7 Å². The Labute approximate surface area is 183 Å². The Hall–Kier alpha value is -2.38. The first-order chi connectivity index (χ1) is 14.3. The van der Waals surface area contributed by atoms with Gasteiger partial charge in [0.05, 0.1) is 0 Å². The van der Waals surface area contributed by atoms with Crippen molar-refractivity contribution in [2.45, 2.75) is 46.6 Å². The highest BCUT2D eigenvalue weighted by Crippen LogP contribution is 2.16. The number of carbonyl (C=O) groups excluding carboxylic acids is 2. The van der Waals surface area contributed by atoms with E-state index >= 15 is 0 Å². The maximum Gasteiger partial charge on any atom is 0.254 e. The van der Waals surface area contributed by atoms with Gasteiger partial charge in [-0.3, -0.25) is 9.59 Å². The van der Waals surface area contributed by atoms with Gasteiger partial charge in [-0.1, -0.05) is 30.6 Å². The Balaban J connectivity index is 2.08. The summed E-state index contributed by atoms with van der Waals surface area (Å²) in [6, 6.07) is 8.25. The molecular formula is C22H31ClN4O3. The van der Waals surface area contributed by atoms with Gasteiger partial charge in [0.25, 0.3) is 5.91 Å². The molecule has 7 nitrogen and oxygen atoms in total. The fourth-order valence-electron chi connectivity index (χ4n) is 3.25. The maximum atomic E-state index is 13.2. The highest BCUT2D eigenvalue weighted by atomic mass is 35.5. The van der Waals surface area contributed by atoms with Crippen molar-refractivity contribution in [1.82, 2.24) is 15.0 Å². The molecule has 0 aliphatic rings. The largest absolute Gasteiger partial charge is 0.360 e. The predicted octanol–water partition coefficient (Wildman–Crippen LogP) is 4.23. The molecule has 2 amide bonds. The number of hydrogen-bond donors (Lipinski definition) is 1. The second-order valence-electron chi connectivity index (χ2n) is 7.33. The molecular weight excluding hydrogens is 404 g/mol. The third-order valence-corrected chi connectivity index (χ3v) is 5.34. The molecule has 1 aromatic heterocycles. The van der Waals surface area contributed by atoms with E-state index in [4.69, 9.17) is 16.1 Å². The first-order valence-electron chi connectivity index (χ1n) is 10.4. The molecule has 0 aliphatic carbocycles. The van der Waals surface area contributed by atoms with Crippen LogP contribution in [0.4, 0.5) is 5.82 Å². The van der Waals surface area contributed by atoms with Gasteiger partial charge in [-0.15, -0.1) is 0 Å². The third kappa shape index (κ3) is 7.15. The summed E-state index contributed by atoms with van der Waals surface area (Å²) in [5.41, 5.74) is 0.500. The van der Waals surface area contributed by atoms with E-state index in [1.807, 2.05) is 6.92 Å². The van der Waals surface area contributed by atoms with E-state index in [-0.39, 0.29) is 24.4 Å². The number of carbonyl (C=O) groups is 2. The summed E-state index contributed by atoms with van der Waals surface area (Å²) in [5.74, 6) is 0.421. The van der Waals surface area contributed by atoms with Gasteiger partial charge >= 0.3 is 0 Å². The number of hydrogen-bond acceptors (Lipinski definition) is 5. The van der Waals surface area contributed by atoms with Crippen LogP contribution in [0.2, 0.25) is 5.02 Å². The second kappa shape index (κ2) is 11.7. The van der Waals surface area contributed by atoms with E-state index in [1.54, 1.807) is 42.2 Å². The van der Waals surface area contributed by atoms with E-state index < -0.39 is 0 Å². The van der Waals surface area contributed by atoms with Crippen molar-refractivity contribution < 1.29 is 14.1 Å². The van der Waals surface area contributed by atoms with Crippen molar-refractivity contribution in [2.75, 3.05) is 31.5 Å². The summed E-state index contributed by atoms with van der Waals surface area (Å²) in [4.78, 5) is 29.7. The number of aromatic nitrogens is 1. The van der Waals surface area contributed by atoms with Crippen LogP contribution in [0.15, 0.2) is 34.9 Å². The number of halogens is 1. The average molecular weight is 435 g/mol. The number of benzene rings is 1. The van der Waals surface area contributed by atoms with Crippen molar-refractivity contribution in [1.29, 1.82) is 0 Å². The average Bonchev–Trinajstić information content (AvgIpc) is 3.13. The Morgan fingerprint density at radius 3 is 2.43 bits per heavy atom. The summed E-state index contributed by atoms with van der Waals surface area (Å²) in [6.45, 7) is 10.9. The molecule has 0 bridgehead atoms. The van der Waals surface area contributed by atoms with Gasteiger partial charge in [0.15, 0.2) is 5.82 Å². The van der Waals surface area contributed by atoms with E-state index in [2.05, 4.69) is 29.2 Å². The van der Waals surface area contributed by atoms with Crippen LogP contribution in [-0.4, -0.2) is 59.0 Å². The van der Waals surface area contributed by atoms with Crippen LogP contribution in [0.3, 0.4) is 0 Å². The summed E-state index contributed by atoms with van der Waals surface area (Å²) >= 11 is 5.95. The van der Waals surface area contributed by atoms with E-state index in [0.717, 1.165) is 32.5 Å². The molecule has 0 radical (unpaired) electrons. The molecule has 30 heavy (non-hydrogen) atoms. The number of amides is 2. The van der Waals surface area contributed by atoms with Crippen molar-refractivity contribution in [3.63, 3.8) is 0 Å². The monoisotopic (exact) mass is 434 g/mol. The second-order valence-corrected chi connectivity index (χ2v) is 7.77. The normalized spacial score (nSPS) is 12.1. The van der Waals surface area contributed by atoms with Crippen molar-refractivity contribution in [2.24, 2.45) is 0 Å². The van der Waals surface area contributed by atoms with Crippen molar-refractivity contribution in [3.05, 3.63) is 46.7 Å². The first-order valence-corrected chi connectivity index (χ1v) is 10.7. The highest BCUT2D eigenvalue weighted by Gasteiger charge is 2.24. The molecule has 0 saturated carbocycles. The highest BCUT2D eigenvalue weighted by molar-refractivity contribution is 6.30. The molecule has 0 aliphatic heterocycles. The molecule has 2 aromatic rings. The number of nitrogens with zero attached hydrogens (tertiary/aromatic N) is 3. The van der Waals surface area contributed by atoms with Crippen LogP contribution in [0.5, 0.6) is 0 Å². The third-order valence-electron chi connectivity index (χ3n) is 5.08. The lowest BCUT2D eigenvalue weighted by atomic mass is 10.1. The van der Waals surface area contributed by atoms with Crippen LogP contribution < -0.4 is 5.32 Å². The van der Waals surface area contributed by atoms with Crippen molar-refractivity contribution in [3.8, 4) is 0 Å². The lowest BCUT2D eigenvalue weighted by molar-refractivity contribution is -0.117. The standard InChI is InChI=1S/C22H31ClN4O3/c1-5-26(6-2)13-7-8-16(3)27(22(29)18-9-11-19(23)12-10-18)15-21(28)24-20-14-17(4)30-25-20/h9-12,14,16H,5-8,13,15H2,1-4H3,(H,24,25,28). The lowest BCUT2D eigenvalue weighted by Crippen LogP contribution is -2.44. The van der Waals surface area contributed by atoms with Gasteiger partial charge in [-0.2, -0.15) is 0 Å². The van der Waals surface area contributed by atoms with Crippen LogP contribution in [-0.2, 0) is 4.79 Å². The summed E-state index contributed by atoms with van der Waals surface area (Å²) in [5, 5.41) is 7.03.